The van der Waals surface area contributed by atoms with Crippen molar-refractivity contribution in [1.29, 1.82) is 0 Å². The number of fused-ring (bicyclic) bond motifs is 7. The Hall–Kier alpha value is -5.31. The minimum absolute atomic E-state index is 0.319. The van der Waals surface area contributed by atoms with Gasteiger partial charge in [0.1, 0.15) is 0 Å². The van der Waals surface area contributed by atoms with E-state index in [0.29, 0.717) is 5.92 Å². The van der Waals surface area contributed by atoms with Crippen LogP contribution < -0.4 is 0 Å². The lowest BCUT2D eigenvalue weighted by molar-refractivity contribution is 0.818. The summed E-state index contributed by atoms with van der Waals surface area (Å²) in [5.41, 5.74) is 13.2. The molecule has 1 atom stereocenters. The summed E-state index contributed by atoms with van der Waals surface area (Å²) in [7, 11) is 0. The summed E-state index contributed by atoms with van der Waals surface area (Å²) in [6.07, 6.45) is 3.48. The molecular weight excluding hydrogens is 575 g/mol. The predicted octanol–water partition coefficient (Wildman–Crippen LogP) is 12.3. The monoisotopic (exact) mass is 603 g/mol. The zero-order chi connectivity index (χ0) is 30.2. The van der Waals surface area contributed by atoms with E-state index in [1.807, 2.05) is 11.8 Å². The van der Waals surface area contributed by atoms with Gasteiger partial charge in [-0.1, -0.05) is 139 Å². The average molecular weight is 604 g/mol. The standard InChI is InChI=1S/C44H29NS/c1-2-14-31(15-3-1)45-38-21-6-4-17-37(38)44-39(45)25-23-28-11-9-18-33(42(28)44)30-13-8-12-29(27-30)32-24-26-41-43-35(32)19-10-20-36(43)34-16-5-7-22-40(34)46-41/h1-23,25-27,32H,24H2. The second kappa shape index (κ2) is 10.1. The highest BCUT2D eigenvalue weighted by Gasteiger charge is 2.30. The minimum atomic E-state index is 0.319. The van der Waals surface area contributed by atoms with Gasteiger partial charge in [-0.15, -0.1) is 0 Å². The first-order valence-corrected chi connectivity index (χ1v) is 16.9. The van der Waals surface area contributed by atoms with Gasteiger partial charge in [0.05, 0.1) is 11.0 Å². The molecule has 2 heterocycles. The zero-order valence-corrected chi connectivity index (χ0v) is 26.0. The van der Waals surface area contributed by atoms with Crippen molar-refractivity contribution >= 4 is 49.2 Å². The molecule has 216 valence electrons. The van der Waals surface area contributed by atoms with E-state index in [4.69, 9.17) is 0 Å². The molecule has 0 saturated carbocycles. The summed E-state index contributed by atoms with van der Waals surface area (Å²) < 4.78 is 2.41. The fourth-order valence-electron chi connectivity index (χ4n) is 7.97. The largest absolute Gasteiger partial charge is 0.309 e. The second-order valence-corrected chi connectivity index (χ2v) is 13.5. The number of para-hydroxylation sites is 2. The van der Waals surface area contributed by atoms with Gasteiger partial charge in [-0.2, -0.15) is 0 Å². The van der Waals surface area contributed by atoms with E-state index < -0.39 is 0 Å². The van der Waals surface area contributed by atoms with Crippen LogP contribution in [0.2, 0.25) is 0 Å². The molecule has 0 fully saturated rings. The van der Waals surface area contributed by atoms with Gasteiger partial charge in [-0.25, -0.2) is 0 Å². The third kappa shape index (κ3) is 3.77. The first-order valence-electron chi connectivity index (χ1n) is 16.0. The Morgan fingerprint density at radius 3 is 2.30 bits per heavy atom. The number of nitrogens with zero attached hydrogens (tertiary/aromatic N) is 1. The fraction of sp³-hybridized carbons (Fsp3) is 0.0455. The number of thioether (sulfide) groups is 1. The molecule has 2 aliphatic rings. The molecule has 7 aromatic carbocycles. The number of hydrogen-bond donors (Lipinski definition) is 0. The molecular formula is C44H29NS. The van der Waals surface area contributed by atoms with E-state index in [1.54, 1.807) is 0 Å². The molecule has 0 bridgehead atoms. The first kappa shape index (κ1) is 26.0. The zero-order valence-electron chi connectivity index (χ0n) is 25.2. The molecule has 0 saturated heterocycles. The molecule has 1 aromatic heterocycles. The van der Waals surface area contributed by atoms with Crippen LogP contribution in [0.5, 0.6) is 0 Å². The van der Waals surface area contributed by atoms with Crippen LogP contribution in [0.15, 0.2) is 163 Å². The molecule has 0 N–H and O–H groups in total. The Bertz CT molecular complexity index is 2530. The predicted molar refractivity (Wildman–Crippen MR) is 196 cm³/mol. The number of rotatable bonds is 3. The Kier molecular flexibility index (Phi) is 5.70. The van der Waals surface area contributed by atoms with Crippen molar-refractivity contribution in [2.45, 2.75) is 17.2 Å². The smallest absolute Gasteiger partial charge is 0.0547 e. The Morgan fingerprint density at radius 2 is 1.35 bits per heavy atom. The molecule has 1 unspecified atom stereocenters. The number of aromatic nitrogens is 1. The molecule has 1 aliphatic carbocycles. The first-order chi connectivity index (χ1) is 22.8. The van der Waals surface area contributed by atoms with E-state index in [-0.39, 0.29) is 0 Å². The van der Waals surface area contributed by atoms with Gasteiger partial charge in [-0.05, 0) is 86.5 Å². The maximum absolute atomic E-state index is 2.48. The van der Waals surface area contributed by atoms with E-state index in [9.17, 15) is 0 Å². The van der Waals surface area contributed by atoms with Crippen molar-refractivity contribution in [3.8, 4) is 27.9 Å². The number of hydrogen-bond acceptors (Lipinski definition) is 1. The molecule has 0 spiro atoms. The van der Waals surface area contributed by atoms with Crippen LogP contribution >= 0.6 is 11.8 Å². The van der Waals surface area contributed by atoms with Crippen molar-refractivity contribution in [3.63, 3.8) is 0 Å². The van der Waals surface area contributed by atoms with Gasteiger partial charge in [0.25, 0.3) is 0 Å². The number of benzene rings is 7. The van der Waals surface area contributed by atoms with Crippen molar-refractivity contribution < 1.29 is 0 Å². The average Bonchev–Trinajstić information content (AvgIpc) is 3.47. The molecule has 1 aliphatic heterocycles. The molecule has 0 amide bonds. The van der Waals surface area contributed by atoms with Crippen LogP contribution in [0.3, 0.4) is 0 Å². The second-order valence-electron chi connectivity index (χ2n) is 12.4. The van der Waals surface area contributed by atoms with Gasteiger partial charge in [0.15, 0.2) is 0 Å². The van der Waals surface area contributed by atoms with Gasteiger partial charge >= 0.3 is 0 Å². The third-order valence-corrected chi connectivity index (χ3v) is 11.1. The molecule has 10 rings (SSSR count). The van der Waals surface area contributed by atoms with Crippen molar-refractivity contribution in [2.24, 2.45) is 0 Å². The van der Waals surface area contributed by atoms with Crippen LogP contribution in [-0.4, -0.2) is 4.57 Å². The molecule has 8 aromatic rings. The topological polar surface area (TPSA) is 4.93 Å². The normalized spacial score (nSPS) is 15.1. The highest BCUT2D eigenvalue weighted by molar-refractivity contribution is 8.08. The van der Waals surface area contributed by atoms with Gasteiger partial charge in [-0.3, -0.25) is 0 Å². The van der Waals surface area contributed by atoms with E-state index in [0.717, 1.165) is 6.42 Å². The third-order valence-electron chi connectivity index (χ3n) is 9.95. The van der Waals surface area contributed by atoms with E-state index in [1.165, 1.54) is 87.0 Å². The quantitative estimate of drug-likeness (QED) is 0.194. The van der Waals surface area contributed by atoms with Gasteiger partial charge in [0.2, 0.25) is 0 Å². The summed E-state index contributed by atoms with van der Waals surface area (Å²) in [5.74, 6) is 0.319. The van der Waals surface area contributed by atoms with Crippen LogP contribution in [0.1, 0.15) is 29.0 Å². The summed E-state index contributed by atoms with van der Waals surface area (Å²) in [5, 5.41) is 5.19. The van der Waals surface area contributed by atoms with Crippen molar-refractivity contribution in [2.75, 3.05) is 0 Å². The van der Waals surface area contributed by atoms with Crippen LogP contribution in [0, 0.1) is 0 Å². The minimum Gasteiger partial charge on any atom is -0.309 e. The fourth-order valence-corrected chi connectivity index (χ4v) is 9.16. The Morgan fingerprint density at radius 1 is 0.565 bits per heavy atom. The Balaban J connectivity index is 1.17. The van der Waals surface area contributed by atoms with Crippen LogP contribution in [-0.2, 0) is 0 Å². The van der Waals surface area contributed by atoms with Gasteiger partial charge in [0, 0.05) is 32.2 Å². The lowest BCUT2D eigenvalue weighted by Crippen LogP contribution is -2.11. The summed E-state index contributed by atoms with van der Waals surface area (Å²) in [6.45, 7) is 0. The maximum atomic E-state index is 2.48. The highest BCUT2D eigenvalue weighted by atomic mass is 32.2. The molecule has 1 nitrogen and oxygen atoms in total. The number of allylic oxidation sites excluding steroid dienone is 1. The van der Waals surface area contributed by atoms with E-state index in [2.05, 4.69) is 162 Å². The summed E-state index contributed by atoms with van der Waals surface area (Å²) >= 11 is 1.93. The molecule has 46 heavy (non-hydrogen) atoms. The highest BCUT2D eigenvalue weighted by Crippen LogP contribution is 2.54. The van der Waals surface area contributed by atoms with Crippen LogP contribution in [0.4, 0.5) is 0 Å². The van der Waals surface area contributed by atoms with Crippen molar-refractivity contribution in [1.82, 2.24) is 4.57 Å². The van der Waals surface area contributed by atoms with Gasteiger partial charge < -0.3 is 4.57 Å². The van der Waals surface area contributed by atoms with E-state index >= 15 is 0 Å². The summed E-state index contributed by atoms with van der Waals surface area (Å²) in [6, 6.07) is 56.1. The maximum Gasteiger partial charge on any atom is 0.0547 e. The Labute approximate surface area is 272 Å². The summed E-state index contributed by atoms with van der Waals surface area (Å²) in [4.78, 5) is 2.76. The van der Waals surface area contributed by atoms with Crippen LogP contribution in [0.25, 0.3) is 65.4 Å². The lowest BCUT2D eigenvalue weighted by atomic mass is 9.79. The van der Waals surface area contributed by atoms with Crippen molar-refractivity contribution in [3.05, 3.63) is 174 Å². The molecule has 2 heteroatoms. The molecule has 0 radical (unpaired) electrons. The lowest BCUT2D eigenvalue weighted by Gasteiger charge is -2.31. The SMILES string of the molecule is C1=C2Sc3ccccc3-c3cccc(c32)C(c2cccc(-c3cccc4ccc5c(c6ccccc6n5-c5ccccc5)c34)c2)C1.